The molecule has 5 rings (SSSR count). The van der Waals surface area contributed by atoms with Gasteiger partial charge in [-0.3, -0.25) is 9.11 Å². The molecular weight excluding hydrogens is 546 g/mol. The third-order valence-electron chi connectivity index (χ3n) is 6.95. The van der Waals surface area contributed by atoms with Gasteiger partial charge in [-0.15, -0.1) is 0 Å². The summed E-state index contributed by atoms with van der Waals surface area (Å²) in [6, 6.07) is 14.8. The summed E-state index contributed by atoms with van der Waals surface area (Å²) in [5.41, 5.74) is 9.31. The monoisotopic (exact) mass is 582 g/mol. The number of nitrogen functional groups attached to an aromatic ring is 1. The lowest BCUT2D eigenvalue weighted by Gasteiger charge is -2.30. The Morgan fingerprint density at radius 3 is 2.49 bits per heavy atom. The van der Waals surface area contributed by atoms with Gasteiger partial charge < -0.3 is 11.1 Å². The Kier molecular flexibility index (Phi) is 9.49. The van der Waals surface area contributed by atoms with Crippen molar-refractivity contribution < 1.29 is 17.2 Å². The Labute approximate surface area is 239 Å². The molecule has 0 bridgehead atoms. The molecule has 1 aliphatic heterocycles. The van der Waals surface area contributed by atoms with E-state index in [4.69, 9.17) is 5.73 Å². The smallest absolute Gasteiger partial charge is 0.237 e. The molecule has 2 aromatic carbocycles. The number of nitrogens with one attached hydrogen (secondary N) is 2. The Balaban J connectivity index is 0.000000367. The normalized spacial score (nSPS) is 17.2. The molecule has 1 saturated heterocycles. The Morgan fingerprint density at radius 2 is 1.88 bits per heavy atom. The molecule has 8 nitrogen and oxygen atoms in total. The predicted molar refractivity (Wildman–Crippen MR) is 160 cm³/mol. The van der Waals surface area contributed by atoms with Crippen molar-refractivity contribution >= 4 is 32.7 Å². The van der Waals surface area contributed by atoms with E-state index in [0.29, 0.717) is 27.9 Å². The molecule has 0 saturated carbocycles. The number of halogens is 2. The SMILES string of the molecule is CC(C)c1cc(-c2ccc(NS(=O)(=O)Cc3ccccc3)c(F)c2)nc2cnc(N)nc12.C[C@]1(CF)CCCNC1. The fourth-order valence-electron chi connectivity index (χ4n) is 4.64. The van der Waals surface area contributed by atoms with Crippen LogP contribution in [-0.4, -0.2) is 43.1 Å². The van der Waals surface area contributed by atoms with Crippen LogP contribution in [0.25, 0.3) is 22.3 Å². The molecule has 218 valence electrons. The zero-order chi connectivity index (χ0) is 29.6. The van der Waals surface area contributed by atoms with Crippen molar-refractivity contribution in [1.29, 1.82) is 0 Å². The molecule has 1 fully saturated rings. The number of nitrogens with two attached hydrogens (primary N) is 1. The zero-order valence-corrected chi connectivity index (χ0v) is 24.3. The van der Waals surface area contributed by atoms with E-state index >= 15 is 0 Å². The van der Waals surface area contributed by atoms with E-state index in [9.17, 15) is 17.2 Å². The summed E-state index contributed by atoms with van der Waals surface area (Å²) in [5.74, 6) is -0.655. The summed E-state index contributed by atoms with van der Waals surface area (Å²) < 4.78 is 54.3. The second-order valence-corrected chi connectivity index (χ2v) is 12.7. The van der Waals surface area contributed by atoms with Gasteiger partial charge in [-0.1, -0.05) is 57.2 Å². The minimum Gasteiger partial charge on any atom is -0.368 e. The first-order valence-corrected chi connectivity index (χ1v) is 15.2. The molecule has 0 radical (unpaired) electrons. The number of benzene rings is 2. The molecule has 2 aromatic heterocycles. The fourth-order valence-corrected chi connectivity index (χ4v) is 5.84. The van der Waals surface area contributed by atoms with Crippen LogP contribution in [0.1, 0.15) is 50.7 Å². The minimum absolute atomic E-state index is 0.0573. The number of sulfonamides is 1. The number of aromatic nitrogens is 3. The lowest BCUT2D eigenvalue weighted by Crippen LogP contribution is -2.39. The van der Waals surface area contributed by atoms with Crippen molar-refractivity contribution in [2.75, 3.05) is 30.2 Å². The molecule has 0 aliphatic carbocycles. The van der Waals surface area contributed by atoms with Gasteiger partial charge in [0.2, 0.25) is 16.0 Å². The van der Waals surface area contributed by atoms with E-state index in [-0.39, 0.29) is 35.4 Å². The van der Waals surface area contributed by atoms with Gasteiger partial charge >= 0.3 is 0 Å². The van der Waals surface area contributed by atoms with E-state index in [1.807, 2.05) is 26.8 Å². The van der Waals surface area contributed by atoms with Gasteiger partial charge in [-0.25, -0.2) is 27.8 Å². The highest BCUT2D eigenvalue weighted by Crippen LogP contribution is 2.30. The van der Waals surface area contributed by atoms with Gasteiger partial charge in [0.15, 0.2) is 0 Å². The maximum atomic E-state index is 14.8. The van der Waals surface area contributed by atoms with Gasteiger partial charge in [0.1, 0.15) is 11.3 Å². The summed E-state index contributed by atoms with van der Waals surface area (Å²) in [6.45, 7) is 7.77. The molecule has 3 heterocycles. The average molecular weight is 583 g/mol. The molecule has 4 N–H and O–H groups in total. The molecular formula is C30H36F2N6O2S. The van der Waals surface area contributed by atoms with E-state index < -0.39 is 15.8 Å². The van der Waals surface area contributed by atoms with Gasteiger partial charge in [-0.2, -0.15) is 0 Å². The number of nitrogens with zero attached hydrogens (tertiary/aromatic N) is 3. The highest BCUT2D eigenvalue weighted by Gasteiger charge is 2.26. The standard InChI is InChI=1S/C23H22FN5O2S.C7H14FN/c1-14(2)17-11-20(27-21-12-26-23(25)28-22(17)21)16-8-9-19(18(24)10-16)29-32(30,31)13-15-6-4-3-5-7-15;1-7(5-8)3-2-4-9-6-7/h3-12,14,29H,13H2,1-2H3,(H2,25,26,28);9H,2-6H2,1H3/t;7-/m.1/s1. The number of anilines is 2. The van der Waals surface area contributed by atoms with Crippen molar-refractivity contribution in [1.82, 2.24) is 20.3 Å². The molecule has 1 atom stereocenters. The van der Waals surface area contributed by atoms with E-state index in [1.54, 1.807) is 36.4 Å². The van der Waals surface area contributed by atoms with E-state index in [0.717, 1.165) is 31.5 Å². The summed E-state index contributed by atoms with van der Waals surface area (Å²) in [5, 5.41) is 3.19. The molecule has 1 aliphatic rings. The zero-order valence-electron chi connectivity index (χ0n) is 23.5. The first-order valence-electron chi connectivity index (χ1n) is 13.5. The Bertz CT molecular complexity index is 1590. The molecule has 11 heteroatoms. The lowest BCUT2D eigenvalue weighted by molar-refractivity contribution is 0.177. The first-order chi connectivity index (χ1) is 19.5. The van der Waals surface area contributed by atoms with Crippen LogP contribution in [0.5, 0.6) is 0 Å². The summed E-state index contributed by atoms with van der Waals surface area (Å²) in [7, 11) is -3.77. The Morgan fingerprint density at radius 1 is 1.12 bits per heavy atom. The van der Waals surface area contributed by atoms with Gasteiger partial charge in [0.05, 0.1) is 35.5 Å². The van der Waals surface area contributed by atoms with Gasteiger partial charge in [0.25, 0.3) is 0 Å². The summed E-state index contributed by atoms with van der Waals surface area (Å²) in [4.78, 5) is 12.8. The van der Waals surface area contributed by atoms with Crippen molar-refractivity contribution in [2.45, 2.75) is 45.3 Å². The van der Waals surface area contributed by atoms with Crippen LogP contribution in [-0.2, 0) is 15.8 Å². The molecule has 4 aromatic rings. The third kappa shape index (κ3) is 7.95. The maximum absolute atomic E-state index is 14.8. The number of hydrogen-bond acceptors (Lipinski definition) is 7. The fraction of sp³-hybridized carbons (Fsp3) is 0.367. The first kappa shape index (κ1) is 30.3. The second-order valence-electron chi connectivity index (χ2n) is 11.0. The van der Waals surface area contributed by atoms with Crippen molar-refractivity contribution in [3.05, 3.63) is 77.7 Å². The van der Waals surface area contributed by atoms with Crippen LogP contribution >= 0.6 is 0 Å². The summed E-state index contributed by atoms with van der Waals surface area (Å²) in [6.07, 6.45) is 3.70. The van der Waals surface area contributed by atoms with Crippen molar-refractivity contribution in [3.63, 3.8) is 0 Å². The van der Waals surface area contributed by atoms with Crippen LogP contribution in [0.3, 0.4) is 0 Å². The molecule has 0 spiro atoms. The molecule has 0 amide bonds. The van der Waals surface area contributed by atoms with Crippen LogP contribution in [0.2, 0.25) is 0 Å². The maximum Gasteiger partial charge on any atom is 0.237 e. The largest absolute Gasteiger partial charge is 0.368 e. The number of rotatable bonds is 7. The van der Waals surface area contributed by atoms with Crippen molar-refractivity contribution in [2.24, 2.45) is 5.41 Å². The predicted octanol–water partition coefficient (Wildman–Crippen LogP) is 5.82. The summed E-state index contributed by atoms with van der Waals surface area (Å²) >= 11 is 0. The van der Waals surface area contributed by atoms with Crippen LogP contribution < -0.4 is 15.8 Å². The minimum atomic E-state index is -3.77. The highest BCUT2D eigenvalue weighted by molar-refractivity contribution is 7.91. The van der Waals surface area contributed by atoms with Crippen molar-refractivity contribution in [3.8, 4) is 11.3 Å². The highest BCUT2D eigenvalue weighted by atomic mass is 32.2. The number of hydrogen-bond donors (Lipinski definition) is 3. The molecule has 0 unspecified atom stereocenters. The lowest BCUT2D eigenvalue weighted by atomic mass is 9.84. The number of pyridine rings is 1. The van der Waals surface area contributed by atoms with Crippen LogP contribution in [0, 0.1) is 11.2 Å². The topological polar surface area (TPSA) is 123 Å². The number of alkyl halides is 1. The molecule has 41 heavy (non-hydrogen) atoms. The van der Waals surface area contributed by atoms with E-state index in [1.165, 1.54) is 18.3 Å². The average Bonchev–Trinajstić information content (AvgIpc) is 2.94. The van der Waals surface area contributed by atoms with Crippen LogP contribution in [0.15, 0.2) is 60.8 Å². The quantitative estimate of drug-likeness (QED) is 0.251. The van der Waals surface area contributed by atoms with Crippen LogP contribution in [0.4, 0.5) is 20.4 Å². The van der Waals surface area contributed by atoms with Gasteiger partial charge in [-0.05, 0) is 54.6 Å². The second kappa shape index (κ2) is 12.9. The third-order valence-corrected chi connectivity index (χ3v) is 8.20. The Hall–Kier alpha value is -3.70. The number of fused-ring (bicyclic) bond motifs is 1. The van der Waals surface area contributed by atoms with Gasteiger partial charge in [0, 0.05) is 17.5 Å². The van der Waals surface area contributed by atoms with E-state index in [2.05, 4.69) is 25.0 Å². The number of piperidine rings is 1.